The summed E-state index contributed by atoms with van der Waals surface area (Å²) in [7, 11) is 0. The van der Waals surface area contributed by atoms with Gasteiger partial charge >= 0.3 is 17.3 Å². The van der Waals surface area contributed by atoms with E-state index in [0.717, 1.165) is 12.1 Å². The van der Waals surface area contributed by atoms with Crippen molar-refractivity contribution in [2.24, 2.45) is 0 Å². The summed E-state index contributed by atoms with van der Waals surface area (Å²) in [6.07, 6.45) is -6.17. The lowest BCUT2D eigenvalue weighted by Gasteiger charge is -2.06. The minimum atomic E-state index is -4.59. The average Bonchev–Trinajstić information content (AvgIpc) is 2.27. The fraction of sp³-hybridized carbons (Fsp3) is 0.182. The number of nitrogens with one attached hydrogen (secondary N) is 2. The van der Waals surface area contributed by atoms with Crippen molar-refractivity contribution in [2.75, 3.05) is 0 Å². The van der Waals surface area contributed by atoms with Gasteiger partial charge in [0.25, 0.3) is 0 Å². The van der Waals surface area contributed by atoms with Gasteiger partial charge < -0.3 is 9.97 Å². The predicted octanol–water partition coefficient (Wildman–Crippen LogP) is 1.35. The van der Waals surface area contributed by atoms with Crippen LogP contribution in [0.1, 0.15) is 16.8 Å². The van der Waals surface area contributed by atoms with Crippen LogP contribution in [0.15, 0.2) is 27.8 Å². The molecule has 0 saturated carbocycles. The Hall–Kier alpha value is -2.38. The van der Waals surface area contributed by atoms with E-state index >= 15 is 0 Å². The number of halogens is 3. The van der Waals surface area contributed by atoms with Gasteiger partial charge in [0.2, 0.25) is 0 Å². The highest BCUT2D eigenvalue weighted by Crippen LogP contribution is 2.22. The maximum Gasteiger partial charge on any atom is 0.396 e. The van der Waals surface area contributed by atoms with E-state index in [2.05, 4.69) is 9.97 Å². The molecule has 5 nitrogen and oxygen atoms in total. The summed E-state index contributed by atoms with van der Waals surface area (Å²) in [5.74, 6) is -1.11. The number of H-pyrrole nitrogens is 2. The van der Waals surface area contributed by atoms with E-state index in [9.17, 15) is 27.6 Å². The second-order valence-electron chi connectivity index (χ2n) is 3.88. The zero-order chi connectivity index (χ0) is 14.2. The highest BCUT2D eigenvalue weighted by molar-refractivity contribution is 5.99. The van der Waals surface area contributed by atoms with Crippen LogP contribution in [0.3, 0.4) is 0 Å². The smallest absolute Gasteiger partial charge is 0.316 e. The van der Waals surface area contributed by atoms with Gasteiger partial charge in [-0.25, -0.2) is 0 Å². The molecule has 8 heteroatoms. The van der Waals surface area contributed by atoms with Gasteiger partial charge in [0.15, 0.2) is 5.78 Å². The van der Waals surface area contributed by atoms with Crippen LogP contribution in [0.4, 0.5) is 13.2 Å². The molecule has 1 aromatic carbocycles. The third kappa shape index (κ3) is 2.90. The zero-order valence-corrected chi connectivity index (χ0v) is 9.30. The number of carbonyl (C=O) groups excluding carboxylic acids is 1. The SMILES string of the molecule is O=C(CC(F)(F)F)c1ccc2[nH]c(=O)c(=O)[nH]c2c1. The minimum Gasteiger partial charge on any atom is -0.316 e. The summed E-state index contributed by atoms with van der Waals surface area (Å²) in [5.41, 5.74) is -1.67. The first-order valence-electron chi connectivity index (χ1n) is 5.12. The molecule has 0 spiro atoms. The molecule has 1 heterocycles. The topological polar surface area (TPSA) is 82.8 Å². The summed E-state index contributed by atoms with van der Waals surface area (Å²) in [4.78, 5) is 37.9. The Labute approximate surface area is 103 Å². The van der Waals surface area contributed by atoms with Gasteiger partial charge in [-0.3, -0.25) is 14.4 Å². The zero-order valence-electron chi connectivity index (χ0n) is 9.30. The number of benzene rings is 1. The van der Waals surface area contributed by atoms with Crippen LogP contribution in [0.5, 0.6) is 0 Å². The second kappa shape index (κ2) is 4.38. The molecule has 0 aliphatic heterocycles. The normalized spacial score (nSPS) is 11.7. The monoisotopic (exact) mass is 272 g/mol. The van der Waals surface area contributed by atoms with Crippen LogP contribution in [0, 0.1) is 0 Å². The van der Waals surface area contributed by atoms with Gasteiger partial charge in [0.1, 0.15) is 6.42 Å². The van der Waals surface area contributed by atoms with Crippen molar-refractivity contribution in [3.8, 4) is 0 Å². The molecule has 0 atom stereocenters. The quantitative estimate of drug-likeness (QED) is 0.639. The maximum absolute atomic E-state index is 12.1. The molecule has 0 aliphatic rings. The number of hydrogen-bond donors (Lipinski definition) is 2. The van der Waals surface area contributed by atoms with Gasteiger partial charge in [-0.1, -0.05) is 0 Å². The molecule has 1 aromatic heterocycles. The molecule has 2 N–H and O–H groups in total. The summed E-state index contributed by atoms with van der Waals surface area (Å²) in [6, 6.07) is 3.52. The van der Waals surface area contributed by atoms with Gasteiger partial charge in [0.05, 0.1) is 11.0 Å². The maximum atomic E-state index is 12.1. The molecule has 0 radical (unpaired) electrons. The number of rotatable bonds is 2. The van der Waals surface area contributed by atoms with Crippen molar-refractivity contribution in [3.63, 3.8) is 0 Å². The number of hydrogen-bond acceptors (Lipinski definition) is 3. The Bertz CT molecular complexity index is 758. The molecular formula is C11H7F3N2O3. The summed E-state index contributed by atoms with van der Waals surface area (Å²) in [5, 5.41) is 0. The molecule has 0 saturated heterocycles. The molecule has 0 aliphatic carbocycles. The number of aromatic amines is 2. The van der Waals surface area contributed by atoms with Crippen LogP contribution in [0.25, 0.3) is 11.0 Å². The number of ketones is 1. The first-order chi connectivity index (χ1) is 8.76. The Morgan fingerprint density at radius 1 is 1.05 bits per heavy atom. The fourth-order valence-corrected chi connectivity index (χ4v) is 1.57. The standard InChI is InChI=1S/C11H7F3N2O3/c12-11(13,14)4-8(17)5-1-2-6-7(3-5)16-10(19)9(18)15-6/h1-3H,4H2,(H,15,18)(H,16,19). The van der Waals surface area contributed by atoms with E-state index in [1.807, 2.05) is 0 Å². The summed E-state index contributed by atoms with van der Waals surface area (Å²) in [6.45, 7) is 0. The van der Waals surface area contributed by atoms with E-state index in [-0.39, 0.29) is 16.6 Å². The van der Waals surface area contributed by atoms with Crippen LogP contribution in [-0.2, 0) is 0 Å². The fourth-order valence-electron chi connectivity index (χ4n) is 1.57. The van der Waals surface area contributed by atoms with E-state index in [1.54, 1.807) is 0 Å². The molecule has 19 heavy (non-hydrogen) atoms. The van der Waals surface area contributed by atoms with Gasteiger partial charge in [-0.2, -0.15) is 13.2 Å². The summed E-state index contributed by atoms with van der Waals surface area (Å²) >= 11 is 0. The van der Waals surface area contributed by atoms with Crippen molar-refractivity contribution in [1.29, 1.82) is 0 Å². The van der Waals surface area contributed by atoms with Gasteiger partial charge in [-0.15, -0.1) is 0 Å². The predicted molar refractivity (Wildman–Crippen MR) is 60.2 cm³/mol. The van der Waals surface area contributed by atoms with Crippen molar-refractivity contribution in [1.82, 2.24) is 9.97 Å². The lowest BCUT2D eigenvalue weighted by Crippen LogP contribution is -2.29. The van der Waals surface area contributed by atoms with Crippen molar-refractivity contribution in [3.05, 3.63) is 44.5 Å². The van der Waals surface area contributed by atoms with E-state index in [0.29, 0.717) is 0 Å². The number of alkyl halides is 3. The Kier molecular flexibility index (Phi) is 3.01. The van der Waals surface area contributed by atoms with Crippen LogP contribution < -0.4 is 11.1 Å². The van der Waals surface area contributed by atoms with Crippen molar-refractivity contribution >= 4 is 16.8 Å². The van der Waals surface area contributed by atoms with Crippen LogP contribution >= 0.6 is 0 Å². The average molecular weight is 272 g/mol. The van der Waals surface area contributed by atoms with Crippen LogP contribution in [-0.4, -0.2) is 21.9 Å². The minimum absolute atomic E-state index is 0.0950. The lowest BCUT2D eigenvalue weighted by molar-refractivity contribution is -0.125. The summed E-state index contributed by atoms with van der Waals surface area (Å²) < 4.78 is 36.3. The molecule has 100 valence electrons. The van der Waals surface area contributed by atoms with Crippen molar-refractivity contribution in [2.45, 2.75) is 12.6 Å². The third-order valence-corrected chi connectivity index (χ3v) is 2.41. The molecule has 0 unspecified atom stereocenters. The third-order valence-electron chi connectivity index (χ3n) is 2.41. The molecule has 0 bridgehead atoms. The molecule has 2 rings (SSSR count). The highest BCUT2D eigenvalue weighted by Gasteiger charge is 2.31. The second-order valence-corrected chi connectivity index (χ2v) is 3.88. The van der Waals surface area contributed by atoms with E-state index in [4.69, 9.17) is 0 Å². The number of Topliss-reactive ketones (excluding diaryl/α,β-unsaturated/α-hetero) is 1. The Balaban J connectivity index is 2.47. The molecule has 0 amide bonds. The number of aromatic nitrogens is 2. The highest BCUT2D eigenvalue weighted by atomic mass is 19.4. The molecular weight excluding hydrogens is 265 g/mol. The number of fused-ring (bicyclic) bond motifs is 1. The number of carbonyl (C=O) groups is 1. The lowest BCUT2D eigenvalue weighted by atomic mass is 10.1. The molecule has 0 fully saturated rings. The van der Waals surface area contributed by atoms with Crippen LogP contribution in [0.2, 0.25) is 0 Å². The Morgan fingerprint density at radius 3 is 2.21 bits per heavy atom. The largest absolute Gasteiger partial charge is 0.396 e. The first-order valence-corrected chi connectivity index (χ1v) is 5.12. The van der Waals surface area contributed by atoms with E-state index in [1.165, 1.54) is 6.07 Å². The van der Waals surface area contributed by atoms with Gasteiger partial charge in [-0.05, 0) is 18.2 Å². The van der Waals surface area contributed by atoms with Crippen molar-refractivity contribution < 1.29 is 18.0 Å². The van der Waals surface area contributed by atoms with E-state index < -0.39 is 29.5 Å². The first kappa shape index (κ1) is 13.1. The Morgan fingerprint density at radius 2 is 1.63 bits per heavy atom. The molecule has 2 aromatic rings. The van der Waals surface area contributed by atoms with Gasteiger partial charge in [0, 0.05) is 5.56 Å².